The molecule has 1 aliphatic heterocycles. The van der Waals surface area contributed by atoms with Crippen LogP contribution in [0.5, 0.6) is 0 Å². The van der Waals surface area contributed by atoms with Gasteiger partial charge in [-0.25, -0.2) is 4.98 Å². The predicted octanol–water partition coefficient (Wildman–Crippen LogP) is -0.0183. The van der Waals surface area contributed by atoms with E-state index in [4.69, 9.17) is 0 Å². The number of aryl methyl sites for hydroxylation is 1. The first-order chi connectivity index (χ1) is 9.63. The molecule has 2 aromatic rings. The minimum absolute atomic E-state index is 0.0877. The fourth-order valence-electron chi connectivity index (χ4n) is 2.51. The van der Waals surface area contributed by atoms with Crippen LogP contribution >= 0.6 is 0 Å². The predicted molar refractivity (Wildman–Crippen MR) is 74.2 cm³/mol. The van der Waals surface area contributed by atoms with Crippen molar-refractivity contribution in [2.45, 2.75) is 32.0 Å². The van der Waals surface area contributed by atoms with E-state index >= 15 is 0 Å². The summed E-state index contributed by atoms with van der Waals surface area (Å²) in [6.07, 6.45) is 3.90. The minimum Gasteiger partial charge on any atom is -0.392 e. The first kappa shape index (κ1) is 13.1. The molecule has 0 aromatic carbocycles. The van der Waals surface area contributed by atoms with Gasteiger partial charge in [-0.1, -0.05) is 6.07 Å². The van der Waals surface area contributed by atoms with Gasteiger partial charge in [0.15, 0.2) is 0 Å². The van der Waals surface area contributed by atoms with Crippen molar-refractivity contribution in [2.75, 3.05) is 6.54 Å². The molecule has 2 aromatic heterocycles. The number of nitrogens with zero attached hydrogens (tertiary/aromatic N) is 2. The fourth-order valence-corrected chi connectivity index (χ4v) is 2.51. The van der Waals surface area contributed by atoms with Gasteiger partial charge in [-0.15, -0.1) is 0 Å². The first-order valence-electron chi connectivity index (χ1n) is 6.76. The number of carbonyl (C=O) groups excluding carboxylic acids is 1. The van der Waals surface area contributed by atoms with E-state index < -0.39 is 6.10 Å². The normalized spacial score (nSPS) is 22.3. The van der Waals surface area contributed by atoms with Gasteiger partial charge in [0.25, 0.3) is 0 Å². The van der Waals surface area contributed by atoms with Crippen molar-refractivity contribution < 1.29 is 9.90 Å². The molecule has 0 bridgehead atoms. The molecule has 1 fully saturated rings. The Kier molecular flexibility index (Phi) is 3.42. The lowest BCUT2D eigenvalue weighted by Gasteiger charge is -2.09. The number of aromatic nitrogens is 2. The summed E-state index contributed by atoms with van der Waals surface area (Å²) in [6, 6.07) is 3.67. The maximum Gasteiger partial charge on any atom is 0.237 e. The molecule has 0 saturated carbocycles. The van der Waals surface area contributed by atoms with Gasteiger partial charge in [0, 0.05) is 18.9 Å². The third kappa shape index (κ3) is 2.52. The van der Waals surface area contributed by atoms with E-state index in [1.54, 1.807) is 0 Å². The lowest BCUT2D eigenvalue weighted by Crippen LogP contribution is -2.40. The molecule has 1 saturated heterocycles. The fraction of sp³-hybridized carbons (Fsp3) is 0.429. The van der Waals surface area contributed by atoms with Crippen molar-refractivity contribution in [3.63, 3.8) is 0 Å². The van der Waals surface area contributed by atoms with Gasteiger partial charge in [-0.05, 0) is 25.0 Å². The molecule has 6 nitrogen and oxygen atoms in total. The minimum atomic E-state index is -0.427. The average Bonchev–Trinajstić information content (AvgIpc) is 3.03. The van der Waals surface area contributed by atoms with Crippen LogP contribution in [-0.4, -0.2) is 39.1 Å². The summed E-state index contributed by atoms with van der Waals surface area (Å²) in [4.78, 5) is 16.4. The van der Waals surface area contributed by atoms with E-state index in [9.17, 15) is 9.90 Å². The van der Waals surface area contributed by atoms with E-state index in [1.165, 1.54) is 0 Å². The van der Waals surface area contributed by atoms with E-state index in [1.807, 2.05) is 35.9 Å². The Morgan fingerprint density at radius 3 is 3.20 bits per heavy atom. The molecule has 2 unspecified atom stereocenters. The quantitative estimate of drug-likeness (QED) is 0.735. The van der Waals surface area contributed by atoms with Crippen LogP contribution in [0.2, 0.25) is 0 Å². The molecule has 0 aliphatic carbocycles. The summed E-state index contributed by atoms with van der Waals surface area (Å²) in [7, 11) is 0. The monoisotopic (exact) mass is 274 g/mol. The van der Waals surface area contributed by atoms with Crippen molar-refractivity contribution >= 4 is 11.6 Å². The van der Waals surface area contributed by atoms with E-state index in [2.05, 4.69) is 15.6 Å². The largest absolute Gasteiger partial charge is 0.392 e. The number of aliphatic hydroxyl groups excluding tert-OH is 1. The number of hydrogen-bond acceptors (Lipinski definition) is 4. The molecular weight excluding hydrogens is 256 g/mol. The SMILES string of the molecule is Cc1cccn2cc(CNC(=O)C3CC(O)CN3)nc12. The highest BCUT2D eigenvalue weighted by atomic mass is 16.3. The molecule has 3 heterocycles. The van der Waals surface area contributed by atoms with Gasteiger partial charge < -0.3 is 20.1 Å². The molecular formula is C14H18N4O2. The standard InChI is InChI=1S/C14H18N4O2/c1-9-3-2-4-18-8-10(17-13(9)18)6-16-14(20)12-5-11(19)7-15-12/h2-4,8,11-12,15,19H,5-7H2,1H3,(H,16,20). The Labute approximate surface area is 116 Å². The van der Waals surface area contributed by atoms with Gasteiger partial charge in [0.2, 0.25) is 5.91 Å². The van der Waals surface area contributed by atoms with Crippen molar-refractivity contribution in [1.82, 2.24) is 20.0 Å². The number of aliphatic hydroxyl groups is 1. The van der Waals surface area contributed by atoms with Gasteiger partial charge in [-0.3, -0.25) is 4.79 Å². The molecule has 0 radical (unpaired) electrons. The zero-order valence-corrected chi connectivity index (χ0v) is 11.3. The number of nitrogens with one attached hydrogen (secondary N) is 2. The second-order valence-electron chi connectivity index (χ2n) is 5.22. The number of fused-ring (bicyclic) bond motifs is 1. The molecule has 1 aliphatic rings. The lowest BCUT2D eigenvalue weighted by atomic mass is 10.2. The Hall–Kier alpha value is -1.92. The third-order valence-corrected chi connectivity index (χ3v) is 3.60. The number of carbonyl (C=O) groups is 1. The number of rotatable bonds is 3. The topological polar surface area (TPSA) is 78.7 Å². The Morgan fingerprint density at radius 2 is 2.50 bits per heavy atom. The Balaban J connectivity index is 1.65. The molecule has 2 atom stereocenters. The highest BCUT2D eigenvalue weighted by Crippen LogP contribution is 2.10. The summed E-state index contributed by atoms with van der Waals surface area (Å²) >= 11 is 0. The summed E-state index contributed by atoms with van der Waals surface area (Å²) in [5.41, 5.74) is 2.84. The van der Waals surface area contributed by atoms with Crippen LogP contribution in [0.4, 0.5) is 0 Å². The second kappa shape index (κ2) is 5.22. The second-order valence-corrected chi connectivity index (χ2v) is 5.22. The van der Waals surface area contributed by atoms with Crippen molar-refractivity contribution in [3.8, 4) is 0 Å². The van der Waals surface area contributed by atoms with Crippen LogP contribution in [0.3, 0.4) is 0 Å². The molecule has 1 amide bonds. The highest BCUT2D eigenvalue weighted by molar-refractivity contribution is 5.82. The molecule has 0 spiro atoms. The lowest BCUT2D eigenvalue weighted by molar-refractivity contribution is -0.123. The highest BCUT2D eigenvalue weighted by Gasteiger charge is 2.27. The van der Waals surface area contributed by atoms with Crippen LogP contribution in [0.15, 0.2) is 24.5 Å². The summed E-state index contributed by atoms with van der Waals surface area (Å²) in [6.45, 7) is 2.88. The molecule has 6 heteroatoms. The van der Waals surface area contributed by atoms with E-state index in [0.29, 0.717) is 19.5 Å². The maximum absolute atomic E-state index is 11.9. The van der Waals surface area contributed by atoms with Crippen LogP contribution in [-0.2, 0) is 11.3 Å². The number of amides is 1. The number of pyridine rings is 1. The zero-order valence-electron chi connectivity index (χ0n) is 11.3. The van der Waals surface area contributed by atoms with E-state index in [-0.39, 0.29) is 11.9 Å². The average molecular weight is 274 g/mol. The summed E-state index contributed by atoms with van der Waals surface area (Å²) in [5, 5.41) is 15.2. The number of imidazole rings is 1. The molecule has 20 heavy (non-hydrogen) atoms. The van der Waals surface area contributed by atoms with Gasteiger partial charge in [0.05, 0.1) is 24.4 Å². The molecule has 3 rings (SSSR count). The third-order valence-electron chi connectivity index (χ3n) is 3.60. The Bertz CT molecular complexity index is 637. The van der Waals surface area contributed by atoms with Crippen molar-refractivity contribution in [1.29, 1.82) is 0 Å². The first-order valence-corrected chi connectivity index (χ1v) is 6.76. The molecule has 3 N–H and O–H groups in total. The van der Waals surface area contributed by atoms with E-state index in [0.717, 1.165) is 16.9 Å². The summed E-state index contributed by atoms with van der Waals surface area (Å²) in [5.74, 6) is -0.0877. The molecule has 106 valence electrons. The van der Waals surface area contributed by atoms with Gasteiger partial charge in [0.1, 0.15) is 5.65 Å². The van der Waals surface area contributed by atoms with Crippen LogP contribution in [0, 0.1) is 6.92 Å². The van der Waals surface area contributed by atoms with Gasteiger partial charge >= 0.3 is 0 Å². The van der Waals surface area contributed by atoms with Crippen LogP contribution < -0.4 is 10.6 Å². The van der Waals surface area contributed by atoms with Gasteiger partial charge in [-0.2, -0.15) is 0 Å². The Morgan fingerprint density at radius 1 is 1.65 bits per heavy atom. The van der Waals surface area contributed by atoms with Crippen LogP contribution in [0.1, 0.15) is 17.7 Å². The van der Waals surface area contributed by atoms with Crippen LogP contribution in [0.25, 0.3) is 5.65 Å². The van der Waals surface area contributed by atoms with Crippen molar-refractivity contribution in [3.05, 3.63) is 35.8 Å². The smallest absolute Gasteiger partial charge is 0.237 e. The summed E-state index contributed by atoms with van der Waals surface area (Å²) < 4.78 is 1.95. The maximum atomic E-state index is 11.9. The number of hydrogen-bond donors (Lipinski definition) is 3. The zero-order chi connectivity index (χ0) is 14.1. The van der Waals surface area contributed by atoms with Crippen molar-refractivity contribution in [2.24, 2.45) is 0 Å². The number of β-amino-alcohol motifs (C(OH)–C–C–N with tert-alkyl or cyclic N) is 1.